The molecule has 0 fully saturated rings. The second-order valence-electron chi connectivity index (χ2n) is 5.13. The molecule has 1 rings (SSSR count). The van der Waals surface area contributed by atoms with Crippen LogP contribution in [0.15, 0.2) is 12.1 Å². The lowest BCUT2D eigenvalue weighted by atomic mass is 10.1. The first-order valence-electron chi connectivity index (χ1n) is 6.04. The molecule has 0 saturated carbocycles. The number of carbonyl (C=O) groups is 1. The van der Waals surface area contributed by atoms with Gasteiger partial charge in [0.15, 0.2) is 0 Å². The minimum absolute atomic E-state index is 0.0174. The van der Waals surface area contributed by atoms with Crippen molar-refractivity contribution >= 4 is 17.3 Å². The van der Waals surface area contributed by atoms with E-state index in [0.717, 1.165) is 22.5 Å². The van der Waals surface area contributed by atoms with Crippen LogP contribution in [0.2, 0.25) is 0 Å². The molecule has 4 nitrogen and oxygen atoms in total. The monoisotopic (exact) mass is 249 g/mol. The molecule has 1 N–H and O–H groups in total. The van der Waals surface area contributed by atoms with E-state index in [4.69, 9.17) is 0 Å². The van der Waals surface area contributed by atoms with Crippen LogP contribution < -0.4 is 10.2 Å². The van der Waals surface area contributed by atoms with E-state index in [9.17, 15) is 4.79 Å². The first-order valence-corrected chi connectivity index (χ1v) is 6.04. The number of amides is 1. The summed E-state index contributed by atoms with van der Waals surface area (Å²) in [5.74, 6) is 0.0174. The fourth-order valence-electron chi connectivity index (χ4n) is 1.86. The molecular weight excluding hydrogens is 226 g/mol. The third kappa shape index (κ3) is 3.74. The number of aryl methyl sites for hydroxylation is 2. The van der Waals surface area contributed by atoms with Crippen LogP contribution in [0.4, 0.5) is 11.4 Å². The second-order valence-corrected chi connectivity index (χ2v) is 5.13. The first-order chi connectivity index (χ1) is 8.31. The number of hydrogen-bond donors (Lipinski definition) is 1. The molecule has 100 valence electrons. The molecule has 0 unspecified atom stereocenters. The molecule has 0 aliphatic carbocycles. The molecule has 18 heavy (non-hydrogen) atoms. The number of nitrogens with zero attached hydrogens (tertiary/aromatic N) is 2. The van der Waals surface area contributed by atoms with Gasteiger partial charge in [0.25, 0.3) is 0 Å². The summed E-state index contributed by atoms with van der Waals surface area (Å²) in [5.41, 5.74) is 4.25. The van der Waals surface area contributed by atoms with Gasteiger partial charge in [-0.3, -0.25) is 4.79 Å². The topological polar surface area (TPSA) is 35.6 Å². The fourth-order valence-corrected chi connectivity index (χ4v) is 1.86. The number of carbonyl (C=O) groups excluding carboxylic acids is 1. The van der Waals surface area contributed by atoms with E-state index in [0.29, 0.717) is 6.54 Å². The van der Waals surface area contributed by atoms with Gasteiger partial charge in [0.1, 0.15) is 0 Å². The van der Waals surface area contributed by atoms with Crippen LogP contribution in [0.3, 0.4) is 0 Å². The Kier molecular flexibility index (Phi) is 4.73. The van der Waals surface area contributed by atoms with Crippen LogP contribution in [-0.2, 0) is 4.79 Å². The standard InChI is InChI=1S/C14H23N3O/c1-10-7-12(17(5)6)8-11(2)14(10)15-13(18)9-16(3)4/h7-8H,9H2,1-6H3,(H,15,18). The first kappa shape index (κ1) is 14.5. The third-order valence-corrected chi connectivity index (χ3v) is 2.76. The van der Waals surface area contributed by atoms with E-state index in [-0.39, 0.29) is 5.91 Å². The van der Waals surface area contributed by atoms with Gasteiger partial charge in [-0.1, -0.05) is 0 Å². The predicted octanol–water partition coefficient (Wildman–Crippen LogP) is 1.87. The van der Waals surface area contributed by atoms with Gasteiger partial charge in [0, 0.05) is 25.5 Å². The average molecular weight is 249 g/mol. The van der Waals surface area contributed by atoms with E-state index < -0.39 is 0 Å². The van der Waals surface area contributed by atoms with Crippen molar-refractivity contribution in [3.05, 3.63) is 23.3 Å². The molecule has 0 spiro atoms. The van der Waals surface area contributed by atoms with Crippen LogP contribution in [0.5, 0.6) is 0 Å². The average Bonchev–Trinajstić information content (AvgIpc) is 2.21. The Labute approximate surface area is 110 Å². The Morgan fingerprint density at radius 1 is 1.11 bits per heavy atom. The Morgan fingerprint density at radius 2 is 1.61 bits per heavy atom. The van der Waals surface area contributed by atoms with Crippen molar-refractivity contribution in [2.45, 2.75) is 13.8 Å². The van der Waals surface area contributed by atoms with E-state index in [1.54, 1.807) is 0 Å². The molecule has 0 bridgehead atoms. The molecule has 0 radical (unpaired) electrons. The van der Waals surface area contributed by atoms with Crippen molar-refractivity contribution in [2.75, 3.05) is 45.0 Å². The van der Waals surface area contributed by atoms with Gasteiger partial charge in [-0.25, -0.2) is 0 Å². The Morgan fingerprint density at radius 3 is 2.00 bits per heavy atom. The molecule has 0 saturated heterocycles. The van der Waals surface area contributed by atoms with Crippen LogP contribution in [-0.4, -0.2) is 45.5 Å². The summed E-state index contributed by atoms with van der Waals surface area (Å²) in [5, 5.41) is 2.98. The lowest BCUT2D eigenvalue weighted by molar-refractivity contribution is -0.116. The number of nitrogens with one attached hydrogen (secondary N) is 1. The molecule has 0 heterocycles. The SMILES string of the molecule is Cc1cc(N(C)C)cc(C)c1NC(=O)CN(C)C. The van der Waals surface area contributed by atoms with Crippen molar-refractivity contribution in [1.29, 1.82) is 0 Å². The lowest BCUT2D eigenvalue weighted by Gasteiger charge is -2.19. The summed E-state index contributed by atoms with van der Waals surface area (Å²) in [6.45, 7) is 4.44. The van der Waals surface area contributed by atoms with Gasteiger partial charge >= 0.3 is 0 Å². The van der Waals surface area contributed by atoms with Crippen molar-refractivity contribution in [2.24, 2.45) is 0 Å². The Bertz CT molecular complexity index is 416. The summed E-state index contributed by atoms with van der Waals surface area (Å²) in [6.07, 6.45) is 0. The molecule has 0 atom stereocenters. The highest BCUT2D eigenvalue weighted by atomic mass is 16.2. The van der Waals surface area contributed by atoms with Crippen molar-refractivity contribution in [3.63, 3.8) is 0 Å². The van der Waals surface area contributed by atoms with Gasteiger partial charge in [-0.15, -0.1) is 0 Å². The molecule has 1 aromatic carbocycles. The van der Waals surface area contributed by atoms with Gasteiger partial charge in [-0.05, 0) is 51.2 Å². The summed E-state index contributed by atoms with van der Waals surface area (Å²) in [6, 6.07) is 4.16. The predicted molar refractivity (Wildman–Crippen MR) is 77.4 cm³/mol. The largest absolute Gasteiger partial charge is 0.378 e. The number of benzene rings is 1. The number of anilines is 2. The Balaban J connectivity index is 2.93. The zero-order chi connectivity index (χ0) is 13.9. The number of rotatable bonds is 4. The number of likely N-dealkylation sites (N-methyl/N-ethyl adjacent to an activating group) is 1. The van der Waals surface area contributed by atoms with Crippen LogP contribution in [0.1, 0.15) is 11.1 Å². The minimum Gasteiger partial charge on any atom is -0.378 e. The summed E-state index contributed by atoms with van der Waals surface area (Å²) >= 11 is 0. The molecule has 1 amide bonds. The van der Waals surface area contributed by atoms with E-state index in [1.165, 1.54) is 0 Å². The van der Waals surface area contributed by atoms with Crippen molar-refractivity contribution in [1.82, 2.24) is 4.90 Å². The van der Waals surface area contributed by atoms with Crippen LogP contribution in [0.25, 0.3) is 0 Å². The molecule has 4 heteroatoms. The van der Waals surface area contributed by atoms with Crippen molar-refractivity contribution in [3.8, 4) is 0 Å². The van der Waals surface area contributed by atoms with Gasteiger partial charge in [0.05, 0.1) is 6.54 Å². The summed E-state index contributed by atoms with van der Waals surface area (Å²) in [4.78, 5) is 15.7. The normalized spacial score (nSPS) is 10.6. The molecular formula is C14H23N3O. The fraction of sp³-hybridized carbons (Fsp3) is 0.500. The summed E-state index contributed by atoms with van der Waals surface area (Å²) in [7, 11) is 7.79. The third-order valence-electron chi connectivity index (χ3n) is 2.76. The summed E-state index contributed by atoms with van der Waals surface area (Å²) < 4.78 is 0. The maximum absolute atomic E-state index is 11.8. The van der Waals surface area contributed by atoms with E-state index >= 15 is 0 Å². The lowest BCUT2D eigenvalue weighted by Crippen LogP contribution is -2.27. The van der Waals surface area contributed by atoms with Crippen LogP contribution in [0, 0.1) is 13.8 Å². The zero-order valence-corrected chi connectivity index (χ0v) is 12.2. The smallest absolute Gasteiger partial charge is 0.238 e. The molecule has 1 aromatic rings. The maximum Gasteiger partial charge on any atom is 0.238 e. The zero-order valence-electron chi connectivity index (χ0n) is 12.2. The second kappa shape index (κ2) is 5.87. The van der Waals surface area contributed by atoms with Crippen LogP contribution >= 0.6 is 0 Å². The van der Waals surface area contributed by atoms with Gasteiger partial charge in [0.2, 0.25) is 5.91 Å². The highest BCUT2D eigenvalue weighted by molar-refractivity contribution is 5.94. The highest BCUT2D eigenvalue weighted by Gasteiger charge is 2.10. The molecule has 0 aliphatic rings. The highest BCUT2D eigenvalue weighted by Crippen LogP contribution is 2.26. The molecule has 0 aromatic heterocycles. The Hall–Kier alpha value is -1.55. The number of hydrogen-bond acceptors (Lipinski definition) is 3. The molecule has 0 aliphatic heterocycles. The van der Waals surface area contributed by atoms with Gasteiger partial charge < -0.3 is 15.1 Å². The van der Waals surface area contributed by atoms with E-state index in [1.807, 2.05) is 46.9 Å². The minimum atomic E-state index is 0.0174. The quantitative estimate of drug-likeness (QED) is 0.885. The van der Waals surface area contributed by atoms with Crippen molar-refractivity contribution < 1.29 is 4.79 Å². The maximum atomic E-state index is 11.8. The van der Waals surface area contributed by atoms with Gasteiger partial charge in [-0.2, -0.15) is 0 Å². The van der Waals surface area contributed by atoms with E-state index in [2.05, 4.69) is 22.3 Å².